The zero-order valence-corrected chi connectivity index (χ0v) is 16.2. The maximum Gasteiger partial charge on any atom is 0.195 e. The zero-order chi connectivity index (χ0) is 16.9. The number of anilines is 2. The maximum absolute atomic E-state index is 5.88. The fraction of sp³-hybridized carbons (Fsp3) is 0.222. The Hall–Kier alpha value is -2.64. The van der Waals surface area contributed by atoms with Crippen LogP contribution >= 0.6 is 24.8 Å². The molecule has 0 aromatic heterocycles. The van der Waals surface area contributed by atoms with Crippen LogP contribution in [0.2, 0.25) is 0 Å². The zero-order valence-electron chi connectivity index (χ0n) is 14.6. The molecule has 7 nitrogen and oxygen atoms in total. The maximum atomic E-state index is 5.88. The van der Waals surface area contributed by atoms with Gasteiger partial charge in [-0.3, -0.25) is 9.98 Å². The number of rotatable bonds is 4. The monoisotopic (exact) mass is 408 g/mol. The number of hydrogen-bond acceptors (Lipinski definition) is 7. The van der Waals surface area contributed by atoms with Crippen molar-refractivity contribution >= 4 is 48.1 Å². The molecule has 0 aliphatic carbocycles. The van der Waals surface area contributed by atoms with Gasteiger partial charge in [0.05, 0.1) is 13.1 Å². The average Bonchev–Trinajstić information content (AvgIpc) is 3.33. The lowest BCUT2D eigenvalue weighted by molar-refractivity contribution is 0.483. The Balaban J connectivity index is 0.00000131. The van der Waals surface area contributed by atoms with Crippen LogP contribution in [0.25, 0.3) is 0 Å². The van der Waals surface area contributed by atoms with Crippen LogP contribution in [0.15, 0.2) is 58.5 Å². The fourth-order valence-corrected chi connectivity index (χ4v) is 2.59. The second-order valence-corrected chi connectivity index (χ2v) is 5.72. The van der Waals surface area contributed by atoms with Crippen LogP contribution in [-0.4, -0.2) is 38.1 Å². The summed E-state index contributed by atoms with van der Waals surface area (Å²) < 4.78 is 5.88. The van der Waals surface area contributed by atoms with Gasteiger partial charge in [-0.15, -0.1) is 24.8 Å². The van der Waals surface area contributed by atoms with Crippen LogP contribution in [0.5, 0.6) is 11.5 Å². The van der Waals surface area contributed by atoms with Crippen LogP contribution in [0, 0.1) is 0 Å². The number of halogens is 2. The van der Waals surface area contributed by atoms with E-state index in [2.05, 4.69) is 31.3 Å². The molecule has 0 radical (unpaired) electrons. The lowest BCUT2D eigenvalue weighted by atomic mass is 10.3. The first-order valence-electron chi connectivity index (χ1n) is 8.34. The van der Waals surface area contributed by atoms with Gasteiger partial charge in [0.15, 0.2) is 11.9 Å². The number of aliphatic imine (C=N–C) groups is 2. The summed E-state index contributed by atoms with van der Waals surface area (Å²) in [5.41, 5.74) is 1.95. The van der Waals surface area contributed by atoms with Crippen molar-refractivity contribution in [2.75, 3.05) is 36.8 Å². The summed E-state index contributed by atoms with van der Waals surface area (Å²) in [7, 11) is 0. The van der Waals surface area contributed by atoms with Crippen molar-refractivity contribution in [1.29, 1.82) is 0 Å². The molecular weight excluding hydrogens is 387 g/mol. The fourth-order valence-electron chi connectivity index (χ4n) is 2.59. The molecule has 2 aromatic rings. The van der Waals surface area contributed by atoms with Crippen molar-refractivity contribution in [1.82, 2.24) is 10.6 Å². The Morgan fingerprint density at radius 3 is 1.41 bits per heavy atom. The quantitative estimate of drug-likeness (QED) is 0.624. The molecule has 0 spiro atoms. The number of nitrogens with zero attached hydrogens (tertiary/aromatic N) is 2. The van der Waals surface area contributed by atoms with E-state index in [0.717, 1.165) is 61.0 Å². The molecule has 2 heterocycles. The summed E-state index contributed by atoms with van der Waals surface area (Å²) in [4.78, 5) is 8.62. The van der Waals surface area contributed by atoms with Crippen molar-refractivity contribution in [2.24, 2.45) is 9.98 Å². The van der Waals surface area contributed by atoms with Crippen molar-refractivity contribution in [3.05, 3.63) is 48.5 Å². The summed E-state index contributed by atoms with van der Waals surface area (Å²) in [5.74, 6) is 3.21. The van der Waals surface area contributed by atoms with Crippen LogP contribution in [0.3, 0.4) is 0 Å². The van der Waals surface area contributed by atoms with Gasteiger partial charge in [0.2, 0.25) is 0 Å². The van der Waals surface area contributed by atoms with Gasteiger partial charge in [-0.2, -0.15) is 0 Å². The first-order chi connectivity index (χ1) is 12.3. The van der Waals surface area contributed by atoms with Gasteiger partial charge in [-0.1, -0.05) is 0 Å². The van der Waals surface area contributed by atoms with Gasteiger partial charge < -0.3 is 26.0 Å². The van der Waals surface area contributed by atoms with Crippen LogP contribution < -0.4 is 26.0 Å². The highest BCUT2D eigenvalue weighted by atomic mass is 35.5. The molecule has 0 saturated heterocycles. The number of benzene rings is 2. The number of nitrogens with one attached hydrogen (secondary N) is 4. The van der Waals surface area contributed by atoms with Gasteiger partial charge in [-0.25, -0.2) is 0 Å². The highest BCUT2D eigenvalue weighted by Gasteiger charge is 2.06. The van der Waals surface area contributed by atoms with E-state index in [1.165, 1.54) is 0 Å². The van der Waals surface area contributed by atoms with E-state index in [1.807, 2.05) is 48.5 Å². The molecule has 4 N–H and O–H groups in total. The smallest absolute Gasteiger partial charge is 0.195 e. The van der Waals surface area contributed by atoms with Gasteiger partial charge in [0.1, 0.15) is 11.5 Å². The van der Waals surface area contributed by atoms with E-state index in [1.54, 1.807) is 0 Å². The largest absolute Gasteiger partial charge is 0.457 e. The normalized spacial score (nSPS) is 14.5. The van der Waals surface area contributed by atoms with E-state index in [4.69, 9.17) is 4.74 Å². The average molecular weight is 409 g/mol. The minimum atomic E-state index is 0. The molecule has 2 aliphatic rings. The molecule has 0 amide bonds. The molecule has 2 aliphatic heterocycles. The first kappa shape index (κ1) is 20.7. The van der Waals surface area contributed by atoms with E-state index in [-0.39, 0.29) is 24.8 Å². The highest BCUT2D eigenvalue weighted by molar-refractivity contribution is 5.95. The second-order valence-electron chi connectivity index (χ2n) is 5.72. The Kier molecular flexibility index (Phi) is 7.57. The van der Waals surface area contributed by atoms with Gasteiger partial charge in [-0.05, 0) is 48.5 Å². The molecule has 2 aromatic carbocycles. The predicted octanol–water partition coefficient (Wildman–Crippen LogP) is 3.06. The van der Waals surface area contributed by atoms with Crippen molar-refractivity contribution in [2.45, 2.75) is 0 Å². The number of ether oxygens (including phenoxy) is 1. The third-order valence-corrected chi connectivity index (χ3v) is 3.82. The molecule has 0 fully saturated rings. The van der Waals surface area contributed by atoms with Crippen LogP contribution in [-0.2, 0) is 0 Å². The molecule has 27 heavy (non-hydrogen) atoms. The lowest BCUT2D eigenvalue weighted by Gasteiger charge is -2.10. The number of guanidine groups is 2. The molecule has 0 bridgehead atoms. The van der Waals surface area contributed by atoms with E-state index in [9.17, 15) is 0 Å². The summed E-state index contributed by atoms with van der Waals surface area (Å²) in [6, 6.07) is 15.6. The van der Waals surface area contributed by atoms with E-state index in [0.29, 0.717) is 0 Å². The van der Waals surface area contributed by atoms with Crippen LogP contribution in [0.4, 0.5) is 11.4 Å². The molecular formula is C18H22Cl2N6O. The minimum Gasteiger partial charge on any atom is -0.457 e. The van der Waals surface area contributed by atoms with Gasteiger partial charge in [0.25, 0.3) is 0 Å². The molecule has 0 saturated carbocycles. The molecule has 4 rings (SSSR count). The third-order valence-electron chi connectivity index (χ3n) is 3.82. The van der Waals surface area contributed by atoms with Crippen molar-refractivity contribution in [3.8, 4) is 11.5 Å². The topological polar surface area (TPSA) is 82.1 Å². The first-order valence-corrected chi connectivity index (χ1v) is 8.34. The van der Waals surface area contributed by atoms with Crippen LogP contribution in [0.1, 0.15) is 0 Å². The van der Waals surface area contributed by atoms with Crippen molar-refractivity contribution < 1.29 is 4.74 Å². The molecule has 0 atom stereocenters. The van der Waals surface area contributed by atoms with E-state index >= 15 is 0 Å². The summed E-state index contributed by atoms with van der Waals surface area (Å²) in [5, 5.41) is 12.8. The third kappa shape index (κ3) is 5.67. The SMILES string of the molecule is Cl.Cl.c1cc(Oc2ccc(NC3=NCCN3)cc2)ccc1NC1=NCCN1. The van der Waals surface area contributed by atoms with Gasteiger partial charge >= 0.3 is 0 Å². The lowest BCUT2D eigenvalue weighted by Crippen LogP contribution is -2.26. The molecule has 144 valence electrons. The highest BCUT2D eigenvalue weighted by Crippen LogP contribution is 2.24. The Bertz CT molecular complexity index is 725. The second kappa shape index (κ2) is 9.89. The Labute approximate surface area is 170 Å². The van der Waals surface area contributed by atoms with E-state index < -0.39 is 0 Å². The Morgan fingerprint density at radius 2 is 1.07 bits per heavy atom. The summed E-state index contributed by atoms with van der Waals surface area (Å²) in [6.45, 7) is 3.41. The van der Waals surface area contributed by atoms with Crippen molar-refractivity contribution in [3.63, 3.8) is 0 Å². The minimum absolute atomic E-state index is 0. The summed E-state index contributed by atoms with van der Waals surface area (Å²) >= 11 is 0. The van der Waals surface area contributed by atoms with Gasteiger partial charge in [0, 0.05) is 24.5 Å². The number of hydrogen-bond donors (Lipinski definition) is 4. The Morgan fingerprint density at radius 1 is 0.667 bits per heavy atom. The predicted molar refractivity (Wildman–Crippen MR) is 115 cm³/mol. The standard InChI is InChI=1S/C18H20N6O.2ClH/c1-5-15(6-2-13(1)23-17-19-9-10-20-17)25-16-7-3-14(4-8-16)24-18-21-11-12-22-18;;/h1-8H,9-12H2,(H2,19,20,23)(H2,21,22,24);2*1H. The summed E-state index contributed by atoms with van der Waals surface area (Å²) in [6.07, 6.45) is 0. The molecule has 0 unspecified atom stereocenters. The molecule has 9 heteroatoms.